The Labute approximate surface area is 199 Å². The maximum Gasteiger partial charge on any atom is 0.204 e. The predicted molar refractivity (Wildman–Crippen MR) is 130 cm³/mol. The molecule has 2 unspecified atom stereocenters. The number of hydrogen-bond donors (Lipinski definition) is 6. The van der Waals surface area contributed by atoms with E-state index < -0.39 is 12.4 Å². The van der Waals surface area contributed by atoms with E-state index in [0.29, 0.717) is 44.4 Å². The van der Waals surface area contributed by atoms with Gasteiger partial charge in [-0.05, 0) is 56.6 Å². The molecule has 0 aliphatic rings. The van der Waals surface area contributed by atoms with Gasteiger partial charge in [0.05, 0.1) is 30.3 Å². The molecule has 0 saturated carbocycles. The zero-order chi connectivity index (χ0) is 24.5. The second-order valence-electron chi connectivity index (χ2n) is 8.21. The summed E-state index contributed by atoms with van der Waals surface area (Å²) >= 11 is 0. The van der Waals surface area contributed by atoms with Crippen LogP contribution in [0.3, 0.4) is 0 Å². The van der Waals surface area contributed by atoms with Crippen molar-refractivity contribution in [3.8, 4) is 5.75 Å². The van der Waals surface area contributed by atoms with E-state index in [-0.39, 0.29) is 18.8 Å². The number of imidazole rings is 1. The van der Waals surface area contributed by atoms with E-state index in [4.69, 9.17) is 9.72 Å². The van der Waals surface area contributed by atoms with Crippen LogP contribution in [0.25, 0.3) is 11.0 Å². The summed E-state index contributed by atoms with van der Waals surface area (Å²) in [6, 6.07) is 9.01. The molecule has 10 heteroatoms. The average molecular weight is 474 g/mol. The lowest BCUT2D eigenvalue weighted by Gasteiger charge is -2.16. The number of nitrogens with zero attached hydrogens (tertiary/aromatic N) is 3. The van der Waals surface area contributed by atoms with Crippen molar-refractivity contribution in [1.82, 2.24) is 19.9 Å². The zero-order valence-electron chi connectivity index (χ0n) is 19.7. The van der Waals surface area contributed by atoms with Crippen molar-refractivity contribution in [3.63, 3.8) is 0 Å². The number of benzene rings is 1. The van der Waals surface area contributed by atoms with Crippen LogP contribution in [0.2, 0.25) is 0 Å². The molecule has 0 aliphatic heterocycles. The third-order valence-electron chi connectivity index (χ3n) is 5.42. The number of aromatic hydroxyl groups is 1. The molecule has 0 bridgehead atoms. The number of aliphatic hydroxyl groups excluding tert-OH is 3. The summed E-state index contributed by atoms with van der Waals surface area (Å²) in [5.41, 5.74) is 3.76. The van der Waals surface area contributed by atoms with E-state index in [9.17, 15) is 20.4 Å². The summed E-state index contributed by atoms with van der Waals surface area (Å²) < 4.78 is 6.99. The van der Waals surface area contributed by atoms with Gasteiger partial charge < -0.3 is 40.4 Å². The Hall–Kier alpha value is -2.76. The van der Waals surface area contributed by atoms with Crippen LogP contribution in [0.4, 0.5) is 5.95 Å². The number of nitrogens with one attached hydrogen (secondary N) is 2. The van der Waals surface area contributed by atoms with Crippen molar-refractivity contribution in [2.45, 2.75) is 52.2 Å². The molecule has 186 valence electrons. The minimum Gasteiger partial charge on any atom is -0.506 e. The second kappa shape index (κ2) is 12.6. The molecular weight excluding hydrogens is 438 g/mol. The zero-order valence-corrected chi connectivity index (χ0v) is 19.7. The Kier molecular flexibility index (Phi) is 9.61. The normalized spacial score (nSPS) is 13.3. The van der Waals surface area contributed by atoms with E-state index >= 15 is 0 Å². The molecule has 1 aromatic carbocycles. The summed E-state index contributed by atoms with van der Waals surface area (Å²) in [6.07, 6.45) is -0.697. The topological polar surface area (TPSA) is 145 Å². The number of aliphatic hydroxyl groups is 3. The molecule has 2 heterocycles. The van der Waals surface area contributed by atoms with Crippen LogP contribution in [-0.4, -0.2) is 73.6 Å². The highest BCUT2D eigenvalue weighted by Crippen LogP contribution is 2.25. The summed E-state index contributed by atoms with van der Waals surface area (Å²) in [5.74, 6) is 0.773. The first-order valence-electron chi connectivity index (χ1n) is 11.6. The van der Waals surface area contributed by atoms with Gasteiger partial charge in [0.2, 0.25) is 5.95 Å². The van der Waals surface area contributed by atoms with Gasteiger partial charge in [0.1, 0.15) is 11.4 Å². The first kappa shape index (κ1) is 25.9. The van der Waals surface area contributed by atoms with Crippen molar-refractivity contribution in [2.24, 2.45) is 0 Å². The Morgan fingerprint density at radius 2 is 1.94 bits per heavy atom. The number of hydrogen-bond acceptors (Lipinski definition) is 9. The first-order chi connectivity index (χ1) is 16.4. The van der Waals surface area contributed by atoms with E-state index in [1.807, 2.05) is 29.7 Å². The van der Waals surface area contributed by atoms with Gasteiger partial charge in [-0.1, -0.05) is 6.07 Å². The van der Waals surface area contributed by atoms with Gasteiger partial charge in [0.25, 0.3) is 0 Å². The number of aromatic nitrogens is 3. The minimum absolute atomic E-state index is 0.0646. The number of fused-ring (bicyclic) bond motifs is 1. The monoisotopic (exact) mass is 473 g/mol. The Morgan fingerprint density at radius 1 is 1.12 bits per heavy atom. The highest BCUT2D eigenvalue weighted by Gasteiger charge is 2.15. The summed E-state index contributed by atoms with van der Waals surface area (Å²) in [4.78, 5) is 9.17. The average Bonchev–Trinajstić information content (AvgIpc) is 3.14. The molecule has 10 nitrogen and oxygen atoms in total. The maximum atomic E-state index is 10.3. The van der Waals surface area contributed by atoms with Crippen molar-refractivity contribution >= 4 is 17.0 Å². The SMILES string of the molecule is CCOC(O)CC(O)CNCCCNc1nc2cc(CO)ccc2n1Cc1nc(C)ccc1O. The lowest BCUT2D eigenvalue weighted by atomic mass is 10.2. The standard InChI is InChI=1S/C24H35N5O5/c1-3-34-23(33)12-18(31)13-25-9-4-10-26-24-28-19-11-17(15-30)6-7-21(19)29(24)14-20-22(32)8-5-16(2)27-20/h5-8,11,18,23,25,30-33H,3-4,9-10,12-15H2,1-2H3,(H,26,28). The molecule has 3 aromatic rings. The molecule has 6 N–H and O–H groups in total. The van der Waals surface area contributed by atoms with Gasteiger partial charge in [0, 0.05) is 31.8 Å². The van der Waals surface area contributed by atoms with Gasteiger partial charge in [-0.3, -0.25) is 4.98 Å². The molecule has 0 amide bonds. The summed E-state index contributed by atoms with van der Waals surface area (Å²) in [5, 5.41) is 45.8. The highest BCUT2D eigenvalue weighted by atomic mass is 16.6. The molecule has 0 saturated heterocycles. The summed E-state index contributed by atoms with van der Waals surface area (Å²) in [6.45, 7) is 6.02. The Balaban J connectivity index is 1.61. The summed E-state index contributed by atoms with van der Waals surface area (Å²) in [7, 11) is 0. The Bertz CT molecular complexity index is 1060. The molecule has 34 heavy (non-hydrogen) atoms. The number of rotatable bonds is 14. The van der Waals surface area contributed by atoms with Gasteiger partial charge in [-0.25, -0.2) is 4.98 Å². The third-order valence-corrected chi connectivity index (χ3v) is 5.42. The number of pyridine rings is 1. The lowest BCUT2D eigenvalue weighted by molar-refractivity contribution is -0.115. The van der Waals surface area contributed by atoms with Gasteiger partial charge in [-0.2, -0.15) is 0 Å². The maximum absolute atomic E-state index is 10.3. The van der Waals surface area contributed by atoms with E-state index in [2.05, 4.69) is 15.6 Å². The Morgan fingerprint density at radius 3 is 2.71 bits per heavy atom. The largest absolute Gasteiger partial charge is 0.506 e. The van der Waals surface area contributed by atoms with E-state index in [1.54, 1.807) is 19.1 Å². The van der Waals surface area contributed by atoms with Crippen molar-refractivity contribution < 1.29 is 25.2 Å². The number of anilines is 1. The highest BCUT2D eigenvalue weighted by molar-refractivity contribution is 5.79. The minimum atomic E-state index is -0.954. The quantitative estimate of drug-likeness (QED) is 0.151. The predicted octanol–water partition coefficient (Wildman–Crippen LogP) is 1.48. The molecular formula is C24H35N5O5. The van der Waals surface area contributed by atoms with Crippen molar-refractivity contribution in [2.75, 3.05) is 31.6 Å². The van der Waals surface area contributed by atoms with Crippen molar-refractivity contribution in [1.29, 1.82) is 0 Å². The fourth-order valence-corrected chi connectivity index (χ4v) is 3.70. The molecule has 0 radical (unpaired) electrons. The molecule has 0 fully saturated rings. The fraction of sp³-hybridized carbons (Fsp3) is 0.500. The van der Waals surface area contributed by atoms with Crippen LogP contribution in [0.15, 0.2) is 30.3 Å². The van der Waals surface area contributed by atoms with Crippen LogP contribution in [0.5, 0.6) is 5.75 Å². The lowest BCUT2D eigenvalue weighted by Crippen LogP contribution is -2.32. The van der Waals surface area contributed by atoms with Crippen LogP contribution < -0.4 is 10.6 Å². The fourth-order valence-electron chi connectivity index (χ4n) is 3.70. The first-order valence-corrected chi connectivity index (χ1v) is 11.6. The second-order valence-corrected chi connectivity index (χ2v) is 8.21. The smallest absolute Gasteiger partial charge is 0.204 e. The van der Waals surface area contributed by atoms with Gasteiger partial charge in [0.15, 0.2) is 6.29 Å². The van der Waals surface area contributed by atoms with E-state index in [1.165, 1.54) is 0 Å². The molecule has 3 rings (SSSR count). The molecule has 2 aromatic heterocycles. The van der Waals surface area contributed by atoms with Crippen molar-refractivity contribution in [3.05, 3.63) is 47.3 Å². The van der Waals surface area contributed by atoms with Crippen LogP contribution in [0.1, 0.15) is 36.7 Å². The van der Waals surface area contributed by atoms with Gasteiger partial charge in [-0.15, -0.1) is 0 Å². The number of aryl methyl sites for hydroxylation is 1. The molecule has 2 atom stereocenters. The van der Waals surface area contributed by atoms with E-state index in [0.717, 1.165) is 28.7 Å². The molecule has 0 aliphatic carbocycles. The number of ether oxygens (including phenoxy) is 1. The molecule has 0 spiro atoms. The van der Waals surface area contributed by atoms with Crippen LogP contribution in [-0.2, 0) is 17.9 Å². The third kappa shape index (κ3) is 7.12. The van der Waals surface area contributed by atoms with Crippen LogP contribution >= 0.6 is 0 Å². The van der Waals surface area contributed by atoms with Crippen LogP contribution in [0, 0.1) is 6.92 Å². The van der Waals surface area contributed by atoms with Gasteiger partial charge >= 0.3 is 0 Å².